The molecule has 2 rings (SSSR count). The lowest BCUT2D eigenvalue weighted by Gasteiger charge is -2.38. The molecule has 0 aliphatic carbocycles. The fourth-order valence-electron chi connectivity index (χ4n) is 2.29. The minimum absolute atomic E-state index is 0.446. The van der Waals surface area contributed by atoms with Gasteiger partial charge in [-0.25, -0.2) is 9.97 Å². The van der Waals surface area contributed by atoms with E-state index in [1.807, 2.05) is 13.0 Å². The molecule has 1 atom stereocenters. The lowest BCUT2D eigenvalue weighted by Crippen LogP contribution is -2.51. The Labute approximate surface area is 103 Å². The molecule has 1 saturated heterocycles. The van der Waals surface area contributed by atoms with E-state index in [1.165, 1.54) is 0 Å². The van der Waals surface area contributed by atoms with Crippen LogP contribution in [0.4, 0.5) is 5.95 Å². The van der Waals surface area contributed by atoms with E-state index < -0.39 is 0 Å². The van der Waals surface area contributed by atoms with Crippen LogP contribution in [0.25, 0.3) is 0 Å². The third-order valence-corrected chi connectivity index (χ3v) is 3.19. The lowest BCUT2D eigenvalue weighted by atomic mass is 10.2. The van der Waals surface area contributed by atoms with E-state index >= 15 is 0 Å². The van der Waals surface area contributed by atoms with Crippen LogP contribution in [0.2, 0.25) is 0 Å². The highest BCUT2D eigenvalue weighted by Gasteiger charge is 2.23. The second-order valence-electron chi connectivity index (χ2n) is 4.81. The zero-order valence-electron chi connectivity index (χ0n) is 10.8. The van der Waals surface area contributed by atoms with E-state index in [0.29, 0.717) is 12.6 Å². The van der Waals surface area contributed by atoms with E-state index in [9.17, 15) is 0 Å². The number of nitrogens with two attached hydrogens (primary N) is 1. The minimum Gasteiger partial charge on any atom is -0.336 e. The van der Waals surface area contributed by atoms with Gasteiger partial charge in [0.05, 0.1) is 5.69 Å². The summed E-state index contributed by atoms with van der Waals surface area (Å²) in [6.07, 6.45) is 0. The van der Waals surface area contributed by atoms with Crippen molar-refractivity contribution >= 4 is 5.95 Å². The molecule has 1 fully saturated rings. The van der Waals surface area contributed by atoms with Crippen LogP contribution in [0.1, 0.15) is 18.3 Å². The molecule has 0 spiro atoms. The summed E-state index contributed by atoms with van der Waals surface area (Å²) >= 11 is 0. The van der Waals surface area contributed by atoms with Gasteiger partial charge in [-0.2, -0.15) is 0 Å². The van der Waals surface area contributed by atoms with Crippen molar-refractivity contribution in [3.05, 3.63) is 17.5 Å². The first-order valence-corrected chi connectivity index (χ1v) is 6.10. The van der Waals surface area contributed by atoms with E-state index in [4.69, 9.17) is 5.73 Å². The van der Waals surface area contributed by atoms with Crippen LogP contribution < -0.4 is 10.6 Å². The van der Waals surface area contributed by atoms with Crippen molar-refractivity contribution < 1.29 is 0 Å². The van der Waals surface area contributed by atoms with Gasteiger partial charge >= 0.3 is 0 Å². The minimum atomic E-state index is 0.446. The smallest absolute Gasteiger partial charge is 0.226 e. The molecule has 2 heterocycles. The molecule has 0 bridgehead atoms. The molecule has 2 N–H and O–H groups in total. The first-order valence-electron chi connectivity index (χ1n) is 6.10. The number of likely N-dealkylation sites (N-methyl/N-ethyl adjacent to an activating group) is 1. The molecular formula is C12H21N5. The topological polar surface area (TPSA) is 58.3 Å². The number of hydrogen-bond acceptors (Lipinski definition) is 5. The van der Waals surface area contributed by atoms with Gasteiger partial charge in [0.15, 0.2) is 0 Å². The molecule has 0 aromatic carbocycles. The monoisotopic (exact) mass is 235 g/mol. The van der Waals surface area contributed by atoms with E-state index in [1.54, 1.807) is 0 Å². The van der Waals surface area contributed by atoms with Crippen LogP contribution in [-0.4, -0.2) is 47.6 Å². The molecule has 1 unspecified atom stereocenters. The highest BCUT2D eigenvalue weighted by atomic mass is 15.3. The molecule has 17 heavy (non-hydrogen) atoms. The maximum absolute atomic E-state index is 5.66. The van der Waals surface area contributed by atoms with Gasteiger partial charge in [-0.15, -0.1) is 0 Å². The first kappa shape index (κ1) is 12.3. The predicted molar refractivity (Wildman–Crippen MR) is 69.0 cm³/mol. The van der Waals surface area contributed by atoms with Gasteiger partial charge in [0, 0.05) is 37.9 Å². The Morgan fingerprint density at radius 2 is 2.18 bits per heavy atom. The van der Waals surface area contributed by atoms with Crippen molar-refractivity contribution in [3.8, 4) is 0 Å². The number of aromatic nitrogens is 2. The summed E-state index contributed by atoms with van der Waals surface area (Å²) in [4.78, 5) is 13.6. The fraction of sp³-hybridized carbons (Fsp3) is 0.667. The van der Waals surface area contributed by atoms with Gasteiger partial charge in [-0.3, -0.25) is 0 Å². The second-order valence-corrected chi connectivity index (χ2v) is 4.81. The molecule has 0 radical (unpaired) electrons. The highest BCUT2D eigenvalue weighted by Crippen LogP contribution is 2.16. The van der Waals surface area contributed by atoms with E-state index in [2.05, 4.69) is 33.7 Å². The second kappa shape index (κ2) is 4.98. The van der Waals surface area contributed by atoms with Crippen molar-refractivity contribution in [2.45, 2.75) is 26.4 Å². The molecule has 94 valence electrons. The van der Waals surface area contributed by atoms with Crippen molar-refractivity contribution in [3.63, 3.8) is 0 Å². The molecular weight excluding hydrogens is 214 g/mol. The number of piperazine rings is 1. The van der Waals surface area contributed by atoms with Gasteiger partial charge in [0.25, 0.3) is 0 Å². The average Bonchev–Trinajstić information content (AvgIpc) is 2.28. The molecule has 5 nitrogen and oxygen atoms in total. The van der Waals surface area contributed by atoms with Crippen LogP contribution in [0.5, 0.6) is 0 Å². The Kier molecular flexibility index (Phi) is 3.59. The van der Waals surface area contributed by atoms with Crippen LogP contribution in [0.3, 0.4) is 0 Å². The zero-order chi connectivity index (χ0) is 12.4. The number of nitrogens with zero attached hydrogens (tertiary/aromatic N) is 4. The van der Waals surface area contributed by atoms with Gasteiger partial charge < -0.3 is 15.5 Å². The summed E-state index contributed by atoms with van der Waals surface area (Å²) in [7, 11) is 2.15. The largest absolute Gasteiger partial charge is 0.336 e. The standard InChI is InChI=1S/C12H21N5/c1-9-6-11(7-13)15-12(14-9)17-5-4-16(3)8-10(17)2/h6,10H,4-5,7-8,13H2,1-3H3. The quantitative estimate of drug-likeness (QED) is 0.803. The first-order chi connectivity index (χ1) is 8.10. The Bertz CT molecular complexity index is 392. The Morgan fingerprint density at radius 3 is 2.82 bits per heavy atom. The lowest BCUT2D eigenvalue weighted by molar-refractivity contribution is 0.273. The van der Waals surface area contributed by atoms with E-state index in [-0.39, 0.29) is 0 Å². The molecule has 1 aliphatic heterocycles. The third kappa shape index (κ3) is 2.73. The number of anilines is 1. The average molecular weight is 235 g/mol. The summed E-state index contributed by atoms with van der Waals surface area (Å²) in [6.45, 7) is 7.76. The molecule has 1 aromatic heterocycles. The maximum atomic E-state index is 5.66. The highest BCUT2D eigenvalue weighted by molar-refractivity contribution is 5.34. The van der Waals surface area contributed by atoms with Crippen LogP contribution in [0.15, 0.2) is 6.07 Å². The summed E-state index contributed by atoms with van der Waals surface area (Å²) in [5, 5.41) is 0. The van der Waals surface area contributed by atoms with Crippen molar-refractivity contribution in [2.24, 2.45) is 5.73 Å². The Hall–Kier alpha value is -1.20. The molecule has 1 aliphatic rings. The number of rotatable bonds is 2. The van der Waals surface area contributed by atoms with Gasteiger partial charge in [-0.05, 0) is 27.0 Å². The van der Waals surface area contributed by atoms with Gasteiger partial charge in [0.1, 0.15) is 0 Å². The number of aryl methyl sites for hydroxylation is 1. The SMILES string of the molecule is Cc1cc(CN)nc(N2CCN(C)CC2C)n1. The summed E-state index contributed by atoms with van der Waals surface area (Å²) in [5.41, 5.74) is 7.56. The van der Waals surface area contributed by atoms with Crippen molar-refractivity contribution in [1.29, 1.82) is 0 Å². The summed E-state index contributed by atoms with van der Waals surface area (Å²) in [6, 6.07) is 2.39. The van der Waals surface area contributed by atoms with E-state index in [0.717, 1.165) is 37.0 Å². The fourth-order valence-corrected chi connectivity index (χ4v) is 2.29. The summed E-state index contributed by atoms with van der Waals surface area (Å²) in [5.74, 6) is 0.825. The van der Waals surface area contributed by atoms with Crippen LogP contribution in [0, 0.1) is 6.92 Å². The van der Waals surface area contributed by atoms with Crippen molar-refractivity contribution in [2.75, 3.05) is 31.6 Å². The molecule has 0 saturated carbocycles. The third-order valence-electron chi connectivity index (χ3n) is 3.19. The number of hydrogen-bond donors (Lipinski definition) is 1. The molecule has 5 heteroatoms. The van der Waals surface area contributed by atoms with Crippen LogP contribution in [-0.2, 0) is 6.54 Å². The molecule has 0 amide bonds. The van der Waals surface area contributed by atoms with Gasteiger partial charge in [0.2, 0.25) is 5.95 Å². The Morgan fingerprint density at radius 1 is 1.41 bits per heavy atom. The normalized spacial score (nSPS) is 21.9. The van der Waals surface area contributed by atoms with Crippen LogP contribution >= 0.6 is 0 Å². The predicted octanol–water partition coefficient (Wildman–Crippen LogP) is 0.384. The Balaban J connectivity index is 2.24. The zero-order valence-corrected chi connectivity index (χ0v) is 10.8. The maximum Gasteiger partial charge on any atom is 0.226 e. The summed E-state index contributed by atoms with van der Waals surface area (Å²) < 4.78 is 0. The van der Waals surface area contributed by atoms with Crippen molar-refractivity contribution in [1.82, 2.24) is 14.9 Å². The van der Waals surface area contributed by atoms with Gasteiger partial charge in [-0.1, -0.05) is 0 Å². The molecule has 1 aromatic rings.